The van der Waals surface area contributed by atoms with Crippen molar-refractivity contribution in [1.82, 2.24) is 0 Å². The van der Waals surface area contributed by atoms with Crippen LogP contribution in [0.3, 0.4) is 0 Å². The first-order valence-electron chi connectivity index (χ1n) is 7.80. The summed E-state index contributed by atoms with van der Waals surface area (Å²) in [4.78, 5) is 10.1. The van der Waals surface area contributed by atoms with Gasteiger partial charge in [0.2, 0.25) is 0 Å². The Morgan fingerprint density at radius 2 is 1.79 bits per heavy atom. The average molecular weight is 391 g/mol. The number of furan rings is 1. The zero-order valence-corrected chi connectivity index (χ0v) is 14.0. The van der Waals surface area contributed by atoms with Crippen LogP contribution < -0.4 is 10.2 Å². The lowest BCUT2D eigenvalue weighted by Crippen LogP contribution is -2.17. The number of non-ortho nitro benzene ring substituents is 1. The van der Waals surface area contributed by atoms with E-state index in [9.17, 15) is 23.3 Å². The Kier molecular flexibility index (Phi) is 5.30. The summed E-state index contributed by atoms with van der Waals surface area (Å²) in [7, 11) is 0. The molecule has 28 heavy (non-hydrogen) atoms. The highest BCUT2D eigenvalue weighted by molar-refractivity contribution is 5.78. The number of benzene rings is 2. The van der Waals surface area contributed by atoms with E-state index < -0.39 is 11.3 Å². The van der Waals surface area contributed by atoms with E-state index in [-0.39, 0.29) is 28.5 Å². The molecule has 0 spiro atoms. The first kappa shape index (κ1) is 19.0. The molecule has 3 aromatic rings. The summed E-state index contributed by atoms with van der Waals surface area (Å²) in [5.41, 5.74) is 3.27. The number of ether oxygens (including phenoxy) is 1. The number of hydrazone groups is 1. The van der Waals surface area contributed by atoms with E-state index in [1.807, 2.05) is 0 Å². The van der Waals surface area contributed by atoms with Crippen LogP contribution in [-0.4, -0.2) is 17.5 Å². The predicted octanol–water partition coefficient (Wildman–Crippen LogP) is 5.20. The number of alkyl halides is 3. The number of hydrogen-bond donors (Lipinski definition) is 1. The van der Waals surface area contributed by atoms with E-state index in [2.05, 4.69) is 15.3 Å². The second-order valence-electron chi connectivity index (χ2n) is 5.42. The predicted molar refractivity (Wildman–Crippen MR) is 95.1 cm³/mol. The van der Waals surface area contributed by atoms with Crippen LogP contribution in [0.5, 0.6) is 5.75 Å². The molecule has 144 valence electrons. The molecule has 1 aromatic heterocycles. The third-order valence-corrected chi connectivity index (χ3v) is 3.47. The van der Waals surface area contributed by atoms with Crippen LogP contribution in [0.4, 0.5) is 24.5 Å². The largest absolute Gasteiger partial charge is 0.573 e. The van der Waals surface area contributed by atoms with Gasteiger partial charge in [-0.3, -0.25) is 15.5 Å². The van der Waals surface area contributed by atoms with E-state index in [1.165, 1.54) is 60.8 Å². The fourth-order valence-corrected chi connectivity index (χ4v) is 2.28. The van der Waals surface area contributed by atoms with Crippen molar-refractivity contribution in [3.63, 3.8) is 0 Å². The molecular formula is C18H12F3N3O4. The molecule has 0 saturated heterocycles. The number of nitrogens with one attached hydrogen (secondary N) is 1. The Morgan fingerprint density at radius 1 is 1.07 bits per heavy atom. The maximum absolute atomic E-state index is 12.5. The monoisotopic (exact) mass is 391 g/mol. The van der Waals surface area contributed by atoms with E-state index in [1.54, 1.807) is 6.07 Å². The van der Waals surface area contributed by atoms with Gasteiger partial charge in [0, 0.05) is 12.1 Å². The van der Waals surface area contributed by atoms with E-state index >= 15 is 0 Å². The zero-order chi connectivity index (χ0) is 20.1. The minimum atomic E-state index is -4.82. The van der Waals surface area contributed by atoms with Crippen LogP contribution in [0, 0.1) is 10.1 Å². The summed E-state index contributed by atoms with van der Waals surface area (Å²) < 4.78 is 47.1. The molecule has 0 aliphatic carbocycles. The van der Waals surface area contributed by atoms with Crippen molar-refractivity contribution in [1.29, 1.82) is 0 Å². The fourth-order valence-electron chi connectivity index (χ4n) is 2.28. The van der Waals surface area contributed by atoms with Gasteiger partial charge >= 0.3 is 6.36 Å². The molecule has 10 heteroatoms. The molecule has 1 N–H and O–H groups in total. The van der Waals surface area contributed by atoms with Crippen LogP contribution in [0.2, 0.25) is 0 Å². The van der Waals surface area contributed by atoms with E-state index in [0.717, 1.165) is 0 Å². The standard InChI is InChI=1S/C18H12F3N3O4/c19-18(20,21)28-17-4-2-1-3-15(17)16-10-9-14(27-16)11-22-23-12-5-7-13(8-6-12)24(25)26/h1-11,23H/b22-11+. The van der Waals surface area contributed by atoms with Crippen molar-refractivity contribution in [3.8, 4) is 17.1 Å². The number of nitro groups is 1. The Balaban J connectivity index is 1.71. The molecule has 0 aliphatic heterocycles. The quantitative estimate of drug-likeness (QED) is 0.354. The van der Waals surface area contributed by atoms with Crippen molar-refractivity contribution in [2.45, 2.75) is 6.36 Å². The second-order valence-corrected chi connectivity index (χ2v) is 5.42. The number of anilines is 1. The lowest BCUT2D eigenvalue weighted by molar-refractivity contribution is -0.384. The van der Waals surface area contributed by atoms with Gasteiger partial charge in [-0.15, -0.1) is 13.2 Å². The van der Waals surface area contributed by atoms with Gasteiger partial charge in [0.15, 0.2) is 0 Å². The van der Waals surface area contributed by atoms with Crippen LogP contribution >= 0.6 is 0 Å². The molecule has 3 rings (SSSR count). The summed E-state index contributed by atoms with van der Waals surface area (Å²) in [5.74, 6) is 0.0831. The maximum atomic E-state index is 12.5. The van der Waals surface area contributed by atoms with Gasteiger partial charge in [-0.05, 0) is 36.4 Å². The zero-order valence-electron chi connectivity index (χ0n) is 14.0. The molecule has 0 radical (unpaired) electrons. The Labute approximate surface area is 156 Å². The maximum Gasteiger partial charge on any atom is 0.573 e. The van der Waals surface area contributed by atoms with Crippen LogP contribution in [0.15, 0.2) is 70.2 Å². The van der Waals surface area contributed by atoms with Gasteiger partial charge < -0.3 is 9.15 Å². The first-order chi connectivity index (χ1) is 13.3. The molecule has 0 aliphatic rings. The molecule has 0 saturated carbocycles. The third-order valence-electron chi connectivity index (χ3n) is 3.47. The van der Waals surface area contributed by atoms with Crippen molar-refractivity contribution < 1.29 is 27.2 Å². The van der Waals surface area contributed by atoms with Crippen LogP contribution in [0.25, 0.3) is 11.3 Å². The minimum absolute atomic E-state index is 0.0510. The number of halogens is 3. The summed E-state index contributed by atoms with van der Waals surface area (Å²) in [5, 5.41) is 14.5. The molecule has 1 heterocycles. The average Bonchev–Trinajstić information content (AvgIpc) is 3.10. The van der Waals surface area contributed by atoms with E-state index in [4.69, 9.17) is 4.42 Å². The molecule has 0 amide bonds. The van der Waals surface area contributed by atoms with E-state index in [0.29, 0.717) is 5.69 Å². The van der Waals surface area contributed by atoms with Crippen molar-refractivity contribution in [2.24, 2.45) is 5.10 Å². The molecular weight excluding hydrogens is 379 g/mol. The van der Waals surface area contributed by atoms with Crippen molar-refractivity contribution >= 4 is 17.6 Å². The molecule has 2 aromatic carbocycles. The molecule has 0 bridgehead atoms. The lowest BCUT2D eigenvalue weighted by Gasteiger charge is -2.11. The molecule has 0 unspecified atom stereocenters. The normalized spacial score (nSPS) is 11.5. The Bertz CT molecular complexity index is 998. The van der Waals surface area contributed by atoms with Gasteiger partial charge in [-0.1, -0.05) is 12.1 Å². The smallest absolute Gasteiger partial charge is 0.455 e. The fraction of sp³-hybridized carbons (Fsp3) is 0.0556. The van der Waals surface area contributed by atoms with Gasteiger partial charge in [0.05, 0.1) is 22.4 Å². The molecule has 0 fully saturated rings. The summed E-state index contributed by atoms with van der Waals surface area (Å²) >= 11 is 0. The van der Waals surface area contributed by atoms with Gasteiger partial charge in [-0.2, -0.15) is 5.10 Å². The minimum Gasteiger partial charge on any atom is -0.455 e. The van der Waals surface area contributed by atoms with Crippen molar-refractivity contribution in [3.05, 3.63) is 76.5 Å². The summed E-state index contributed by atoms with van der Waals surface area (Å²) in [6.07, 6.45) is -3.50. The summed E-state index contributed by atoms with van der Waals surface area (Å²) in [6, 6.07) is 14.2. The van der Waals surface area contributed by atoms with Crippen LogP contribution in [0.1, 0.15) is 5.76 Å². The highest BCUT2D eigenvalue weighted by atomic mass is 19.4. The second kappa shape index (κ2) is 7.82. The lowest BCUT2D eigenvalue weighted by atomic mass is 10.1. The summed E-state index contributed by atoms with van der Waals surface area (Å²) in [6.45, 7) is 0. The van der Waals surface area contributed by atoms with Gasteiger partial charge in [0.1, 0.15) is 17.3 Å². The highest BCUT2D eigenvalue weighted by Crippen LogP contribution is 2.34. The molecule has 0 atom stereocenters. The topological polar surface area (TPSA) is 89.9 Å². The highest BCUT2D eigenvalue weighted by Gasteiger charge is 2.32. The van der Waals surface area contributed by atoms with Gasteiger partial charge in [-0.25, -0.2) is 0 Å². The third kappa shape index (κ3) is 4.87. The molecule has 7 nitrogen and oxygen atoms in total. The SMILES string of the molecule is O=[N+]([O-])c1ccc(N/N=C/c2ccc(-c3ccccc3OC(F)(F)F)o2)cc1. The van der Waals surface area contributed by atoms with Gasteiger partial charge in [0.25, 0.3) is 5.69 Å². The Morgan fingerprint density at radius 3 is 2.46 bits per heavy atom. The first-order valence-corrected chi connectivity index (χ1v) is 7.80. The number of nitrogens with zero attached hydrogens (tertiary/aromatic N) is 2. The number of para-hydroxylation sites is 1. The number of hydrogen-bond acceptors (Lipinski definition) is 6. The number of rotatable bonds is 6. The number of nitro benzene ring substituents is 1. The Hall–Kier alpha value is -3.82. The van der Waals surface area contributed by atoms with Crippen molar-refractivity contribution in [2.75, 3.05) is 5.43 Å². The van der Waals surface area contributed by atoms with Crippen LogP contribution in [-0.2, 0) is 0 Å².